The molecule has 0 saturated heterocycles. The topological polar surface area (TPSA) is 72.2 Å². The normalized spacial score (nSPS) is 11.4. The first-order chi connectivity index (χ1) is 9.69. The van der Waals surface area contributed by atoms with Crippen molar-refractivity contribution in [2.24, 2.45) is 0 Å². The Morgan fingerprint density at radius 3 is 2.43 bits per heavy atom. The Morgan fingerprint density at radius 2 is 1.81 bits per heavy atom. The molecule has 21 heavy (non-hydrogen) atoms. The number of benzene rings is 2. The van der Waals surface area contributed by atoms with E-state index < -0.39 is 21.7 Å². The van der Waals surface area contributed by atoms with E-state index in [2.05, 4.69) is 20.7 Å². The molecule has 0 amide bonds. The van der Waals surface area contributed by atoms with Crippen molar-refractivity contribution in [3.8, 4) is 0 Å². The first kappa shape index (κ1) is 15.7. The zero-order valence-corrected chi connectivity index (χ0v) is 13.2. The van der Waals surface area contributed by atoms with Crippen LogP contribution in [-0.4, -0.2) is 8.42 Å². The number of nitrogens with two attached hydrogens (primary N) is 1. The number of anilines is 2. The standard InChI is InChI=1S/C13H11BrF2N2O2S/c1-7-2-8(15)4-9(3-7)18-21(19,20)13-6-12(17)11(16)5-10(13)14/h2-6,18H,17H2,1H3. The van der Waals surface area contributed by atoms with Gasteiger partial charge in [-0.25, -0.2) is 17.2 Å². The second-order valence-corrected chi connectivity index (χ2v) is 6.93. The summed E-state index contributed by atoms with van der Waals surface area (Å²) < 4.78 is 53.3. The SMILES string of the molecule is Cc1cc(F)cc(NS(=O)(=O)c2cc(N)c(F)cc2Br)c1. The molecule has 0 aromatic heterocycles. The van der Waals surface area contributed by atoms with Crippen LogP contribution in [-0.2, 0) is 10.0 Å². The summed E-state index contributed by atoms with van der Waals surface area (Å²) in [7, 11) is -4.03. The van der Waals surface area contributed by atoms with Crippen LogP contribution in [0.2, 0.25) is 0 Å². The van der Waals surface area contributed by atoms with Crippen LogP contribution < -0.4 is 10.5 Å². The summed E-state index contributed by atoms with van der Waals surface area (Å²) in [4.78, 5) is -0.233. The lowest BCUT2D eigenvalue weighted by Crippen LogP contribution is -2.14. The van der Waals surface area contributed by atoms with Gasteiger partial charge in [-0.2, -0.15) is 0 Å². The Hall–Kier alpha value is -1.67. The van der Waals surface area contributed by atoms with Crippen LogP contribution in [0, 0.1) is 18.6 Å². The summed E-state index contributed by atoms with van der Waals surface area (Å²) in [5.74, 6) is -1.30. The molecule has 0 saturated carbocycles. The van der Waals surface area contributed by atoms with Gasteiger partial charge in [-0.1, -0.05) is 0 Å². The molecule has 0 atom stereocenters. The minimum atomic E-state index is -4.03. The third kappa shape index (κ3) is 3.51. The highest BCUT2D eigenvalue weighted by Gasteiger charge is 2.20. The van der Waals surface area contributed by atoms with E-state index in [1.54, 1.807) is 6.92 Å². The summed E-state index contributed by atoms with van der Waals surface area (Å²) in [6, 6.07) is 5.74. The smallest absolute Gasteiger partial charge is 0.263 e. The predicted molar refractivity (Wildman–Crippen MR) is 80.5 cm³/mol. The maximum atomic E-state index is 13.3. The van der Waals surface area contributed by atoms with Crippen LogP contribution in [0.25, 0.3) is 0 Å². The van der Waals surface area contributed by atoms with Crippen molar-refractivity contribution in [3.05, 3.63) is 52.0 Å². The second-order valence-electron chi connectivity index (χ2n) is 4.43. The van der Waals surface area contributed by atoms with Gasteiger partial charge in [0.25, 0.3) is 10.0 Å². The average molecular weight is 377 g/mol. The summed E-state index contributed by atoms with van der Waals surface area (Å²) in [6.45, 7) is 1.63. The fourth-order valence-electron chi connectivity index (χ4n) is 1.76. The molecule has 0 aliphatic heterocycles. The molecule has 0 radical (unpaired) electrons. The van der Waals surface area contributed by atoms with E-state index in [9.17, 15) is 17.2 Å². The lowest BCUT2D eigenvalue weighted by atomic mass is 10.2. The van der Waals surface area contributed by atoms with Gasteiger partial charge in [0.15, 0.2) is 0 Å². The number of sulfonamides is 1. The predicted octanol–water partition coefficient (Wildman–Crippen LogP) is 3.42. The molecule has 0 bridgehead atoms. The molecule has 112 valence electrons. The highest BCUT2D eigenvalue weighted by atomic mass is 79.9. The molecule has 0 aliphatic rings. The summed E-state index contributed by atoms with van der Waals surface area (Å²) >= 11 is 2.97. The van der Waals surface area contributed by atoms with E-state index in [0.717, 1.165) is 18.2 Å². The van der Waals surface area contributed by atoms with Gasteiger partial charge in [-0.05, 0) is 58.7 Å². The lowest BCUT2D eigenvalue weighted by molar-refractivity contribution is 0.599. The van der Waals surface area contributed by atoms with Crippen LogP contribution in [0.1, 0.15) is 5.56 Å². The fraction of sp³-hybridized carbons (Fsp3) is 0.0769. The highest BCUT2D eigenvalue weighted by Crippen LogP contribution is 2.28. The first-order valence-corrected chi connectivity index (χ1v) is 8.01. The van der Waals surface area contributed by atoms with E-state index in [-0.39, 0.29) is 20.7 Å². The number of rotatable bonds is 3. The van der Waals surface area contributed by atoms with Crippen molar-refractivity contribution in [2.75, 3.05) is 10.5 Å². The van der Waals surface area contributed by atoms with E-state index in [0.29, 0.717) is 5.56 Å². The zero-order chi connectivity index (χ0) is 15.8. The molecule has 0 spiro atoms. The van der Waals surface area contributed by atoms with Crippen LogP contribution in [0.3, 0.4) is 0 Å². The lowest BCUT2D eigenvalue weighted by Gasteiger charge is -2.11. The van der Waals surface area contributed by atoms with Gasteiger partial charge in [0.05, 0.1) is 11.4 Å². The Kier molecular flexibility index (Phi) is 4.20. The molecule has 8 heteroatoms. The largest absolute Gasteiger partial charge is 0.396 e. The summed E-state index contributed by atoms with van der Waals surface area (Å²) in [5.41, 5.74) is 5.71. The Morgan fingerprint density at radius 1 is 1.14 bits per heavy atom. The number of aryl methyl sites for hydroxylation is 1. The maximum absolute atomic E-state index is 13.3. The molecule has 0 fully saturated rings. The van der Waals surface area contributed by atoms with Crippen LogP contribution in [0.4, 0.5) is 20.2 Å². The van der Waals surface area contributed by atoms with Gasteiger partial charge in [0, 0.05) is 4.47 Å². The van der Waals surface area contributed by atoms with Crippen LogP contribution in [0.15, 0.2) is 39.7 Å². The molecule has 2 rings (SSSR count). The van der Waals surface area contributed by atoms with Crippen molar-refractivity contribution in [2.45, 2.75) is 11.8 Å². The van der Waals surface area contributed by atoms with Gasteiger partial charge in [-0.3, -0.25) is 4.72 Å². The minimum absolute atomic E-state index is 0.0230. The van der Waals surface area contributed by atoms with E-state index in [4.69, 9.17) is 5.73 Å². The monoisotopic (exact) mass is 376 g/mol. The number of hydrogen-bond donors (Lipinski definition) is 2. The fourth-order valence-corrected chi connectivity index (χ4v) is 3.85. The summed E-state index contributed by atoms with van der Waals surface area (Å²) in [6.07, 6.45) is 0. The van der Waals surface area contributed by atoms with Gasteiger partial charge in [0.2, 0.25) is 0 Å². The molecular formula is C13H11BrF2N2O2S. The van der Waals surface area contributed by atoms with E-state index in [1.807, 2.05) is 0 Å². The molecule has 0 unspecified atom stereocenters. The summed E-state index contributed by atoms with van der Waals surface area (Å²) in [5, 5.41) is 0. The molecule has 0 heterocycles. The Balaban J connectivity index is 2.45. The third-order valence-corrected chi connectivity index (χ3v) is 4.97. The molecule has 3 N–H and O–H groups in total. The Labute approximate surface area is 129 Å². The van der Waals surface area contributed by atoms with Crippen LogP contribution in [0.5, 0.6) is 0 Å². The van der Waals surface area contributed by atoms with Crippen molar-refractivity contribution in [1.29, 1.82) is 0 Å². The second kappa shape index (κ2) is 5.61. The van der Waals surface area contributed by atoms with Gasteiger partial charge >= 0.3 is 0 Å². The first-order valence-electron chi connectivity index (χ1n) is 5.73. The molecular weight excluding hydrogens is 366 g/mol. The number of nitrogens with one attached hydrogen (secondary N) is 1. The zero-order valence-electron chi connectivity index (χ0n) is 10.8. The quantitative estimate of drug-likeness (QED) is 0.806. The van der Waals surface area contributed by atoms with Crippen LogP contribution >= 0.6 is 15.9 Å². The van der Waals surface area contributed by atoms with E-state index in [1.165, 1.54) is 12.1 Å². The number of nitrogen functional groups attached to an aromatic ring is 1. The minimum Gasteiger partial charge on any atom is -0.396 e. The molecule has 2 aromatic rings. The average Bonchev–Trinajstić information content (AvgIpc) is 2.31. The van der Waals surface area contributed by atoms with Gasteiger partial charge in [0.1, 0.15) is 16.5 Å². The van der Waals surface area contributed by atoms with Gasteiger partial charge in [-0.15, -0.1) is 0 Å². The maximum Gasteiger partial charge on any atom is 0.263 e. The van der Waals surface area contributed by atoms with E-state index >= 15 is 0 Å². The van der Waals surface area contributed by atoms with Crippen molar-refractivity contribution >= 4 is 37.3 Å². The number of hydrogen-bond acceptors (Lipinski definition) is 3. The van der Waals surface area contributed by atoms with Crippen molar-refractivity contribution in [1.82, 2.24) is 0 Å². The molecule has 4 nitrogen and oxygen atoms in total. The number of halogens is 3. The third-order valence-electron chi connectivity index (χ3n) is 2.64. The van der Waals surface area contributed by atoms with Crippen molar-refractivity contribution in [3.63, 3.8) is 0 Å². The molecule has 2 aromatic carbocycles. The Bertz CT molecular complexity index is 790. The van der Waals surface area contributed by atoms with Crippen molar-refractivity contribution < 1.29 is 17.2 Å². The van der Waals surface area contributed by atoms with Gasteiger partial charge < -0.3 is 5.73 Å². The highest BCUT2D eigenvalue weighted by molar-refractivity contribution is 9.10. The molecule has 0 aliphatic carbocycles.